The number of rotatable bonds is 4. The standard InChI is InChI=1S/C22H17ClN4S/c1-15-10-12-17(13-11-15)25-21(22-26-19-8-4-5-9-20(19)28-22)27-24-14-16-6-2-3-7-18(16)23/h2-14H,1H3,(H,25,27)/b24-14-. The summed E-state index contributed by atoms with van der Waals surface area (Å²) in [6, 6.07) is 23.6. The fraction of sp³-hybridized carbons (Fsp3) is 0.0455. The van der Waals surface area contributed by atoms with Crippen LogP contribution in [0.15, 0.2) is 82.9 Å². The molecule has 0 spiro atoms. The molecule has 0 aliphatic carbocycles. The molecule has 6 heteroatoms. The Bertz CT molecular complexity index is 1130. The van der Waals surface area contributed by atoms with E-state index in [9.17, 15) is 0 Å². The number of hydrogen-bond acceptors (Lipinski definition) is 4. The van der Waals surface area contributed by atoms with E-state index in [4.69, 9.17) is 21.6 Å². The van der Waals surface area contributed by atoms with Crippen LogP contribution in [-0.2, 0) is 0 Å². The maximum absolute atomic E-state index is 6.20. The van der Waals surface area contributed by atoms with Crippen molar-refractivity contribution >= 4 is 50.9 Å². The number of nitrogens with one attached hydrogen (secondary N) is 1. The molecule has 4 rings (SSSR count). The summed E-state index contributed by atoms with van der Waals surface area (Å²) in [6.45, 7) is 2.05. The zero-order valence-electron chi connectivity index (χ0n) is 15.1. The minimum absolute atomic E-state index is 0.591. The molecule has 0 saturated heterocycles. The highest BCUT2D eigenvalue weighted by Gasteiger charge is 2.10. The molecule has 3 aromatic carbocycles. The summed E-state index contributed by atoms with van der Waals surface area (Å²) in [4.78, 5) is 9.42. The average Bonchev–Trinajstić information content (AvgIpc) is 3.14. The van der Waals surface area contributed by atoms with Crippen LogP contribution in [0.1, 0.15) is 16.1 Å². The van der Waals surface area contributed by atoms with Gasteiger partial charge in [0.1, 0.15) is 0 Å². The number of fused-ring (bicyclic) bond motifs is 1. The van der Waals surface area contributed by atoms with Gasteiger partial charge in [-0.15, -0.1) is 11.3 Å². The first-order chi connectivity index (χ1) is 13.7. The highest BCUT2D eigenvalue weighted by atomic mass is 35.5. The molecule has 4 aromatic rings. The van der Waals surface area contributed by atoms with Gasteiger partial charge in [-0.1, -0.05) is 59.6 Å². The fourth-order valence-electron chi connectivity index (χ4n) is 2.59. The molecule has 0 aliphatic heterocycles. The van der Waals surface area contributed by atoms with E-state index in [1.54, 1.807) is 17.6 Å². The van der Waals surface area contributed by atoms with E-state index in [0.29, 0.717) is 10.9 Å². The second kappa shape index (κ2) is 8.33. The Morgan fingerprint density at radius 1 is 1.00 bits per heavy atom. The molecule has 0 atom stereocenters. The first-order valence-corrected chi connectivity index (χ1v) is 9.93. The van der Waals surface area contributed by atoms with E-state index >= 15 is 0 Å². The minimum atomic E-state index is 0.591. The number of hydrogen-bond donors (Lipinski definition) is 1. The normalized spacial score (nSPS) is 12.0. The molecule has 0 fully saturated rings. The molecule has 0 unspecified atom stereocenters. The molecule has 1 aromatic heterocycles. The van der Waals surface area contributed by atoms with E-state index in [1.807, 2.05) is 79.7 Å². The van der Waals surface area contributed by atoms with Gasteiger partial charge < -0.3 is 0 Å². The van der Waals surface area contributed by atoms with Gasteiger partial charge in [0.25, 0.3) is 0 Å². The van der Waals surface area contributed by atoms with Crippen molar-refractivity contribution in [3.8, 4) is 0 Å². The number of aliphatic imine (C=N–C) groups is 1. The van der Waals surface area contributed by atoms with Crippen LogP contribution in [0.3, 0.4) is 0 Å². The summed E-state index contributed by atoms with van der Waals surface area (Å²) in [5, 5.41) is 5.76. The second-order valence-corrected chi connectivity index (χ2v) is 7.61. The van der Waals surface area contributed by atoms with Crippen LogP contribution < -0.4 is 5.43 Å². The van der Waals surface area contributed by atoms with Crippen molar-refractivity contribution in [3.63, 3.8) is 0 Å². The Morgan fingerprint density at radius 3 is 2.54 bits per heavy atom. The van der Waals surface area contributed by atoms with Crippen molar-refractivity contribution in [3.05, 3.63) is 94.0 Å². The Balaban J connectivity index is 1.68. The first-order valence-electron chi connectivity index (χ1n) is 8.74. The molecule has 0 radical (unpaired) electrons. The van der Waals surface area contributed by atoms with Gasteiger partial charge in [0.05, 0.1) is 22.1 Å². The minimum Gasteiger partial charge on any atom is -0.259 e. The van der Waals surface area contributed by atoms with Crippen LogP contribution in [0.25, 0.3) is 10.2 Å². The molecule has 0 saturated carbocycles. The summed E-state index contributed by atoms with van der Waals surface area (Å²) in [5.74, 6) is 0.591. The van der Waals surface area contributed by atoms with E-state index in [1.165, 1.54) is 5.56 Å². The van der Waals surface area contributed by atoms with Gasteiger partial charge in [-0.2, -0.15) is 5.10 Å². The lowest BCUT2D eigenvalue weighted by Gasteiger charge is -2.03. The van der Waals surface area contributed by atoms with Gasteiger partial charge >= 0.3 is 0 Å². The number of benzene rings is 3. The lowest BCUT2D eigenvalue weighted by atomic mass is 10.2. The number of amidine groups is 1. The molecular formula is C22H17ClN4S. The zero-order valence-corrected chi connectivity index (χ0v) is 16.7. The van der Waals surface area contributed by atoms with Gasteiger partial charge in [0.2, 0.25) is 0 Å². The zero-order chi connectivity index (χ0) is 19.3. The van der Waals surface area contributed by atoms with Crippen LogP contribution in [-0.4, -0.2) is 17.0 Å². The van der Waals surface area contributed by atoms with E-state index in [2.05, 4.69) is 10.5 Å². The maximum atomic E-state index is 6.20. The number of para-hydroxylation sites is 1. The highest BCUT2D eigenvalue weighted by molar-refractivity contribution is 7.20. The lowest BCUT2D eigenvalue weighted by molar-refractivity contribution is 1.03. The van der Waals surface area contributed by atoms with Crippen molar-refractivity contribution in [1.29, 1.82) is 0 Å². The maximum Gasteiger partial charge on any atom is 0.183 e. The molecule has 1 N–H and O–H groups in total. The Kier molecular flexibility index (Phi) is 5.46. The van der Waals surface area contributed by atoms with Crippen molar-refractivity contribution in [2.24, 2.45) is 10.1 Å². The van der Waals surface area contributed by atoms with Gasteiger partial charge in [-0.25, -0.2) is 9.98 Å². The van der Waals surface area contributed by atoms with Crippen LogP contribution in [0.5, 0.6) is 0 Å². The quantitative estimate of drug-likeness (QED) is 0.259. The van der Waals surface area contributed by atoms with Crippen LogP contribution in [0.2, 0.25) is 5.02 Å². The number of halogens is 1. The monoisotopic (exact) mass is 404 g/mol. The Morgan fingerprint density at radius 2 is 1.75 bits per heavy atom. The van der Waals surface area contributed by atoms with Gasteiger partial charge in [0, 0.05) is 10.6 Å². The average molecular weight is 405 g/mol. The molecular weight excluding hydrogens is 388 g/mol. The van der Waals surface area contributed by atoms with Crippen molar-refractivity contribution in [2.45, 2.75) is 6.92 Å². The fourth-order valence-corrected chi connectivity index (χ4v) is 3.67. The SMILES string of the molecule is Cc1ccc(N=C(N/N=C\c2ccccc2Cl)c2nc3ccccc3s2)cc1. The van der Waals surface area contributed by atoms with Crippen molar-refractivity contribution < 1.29 is 0 Å². The van der Waals surface area contributed by atoms with E-state index in [0.717, 1.165) is 26.5 Å². The van der Waals surface area contributed by atoms with E-state index < -0.39 is 0 Å². The summed E-state index contributed by atoms with van der Waals surface area (Å²) >= 11 is 7.77. The predicted molar refractivity (Wildman–Crippen MR) is 119 cm³/mol. The highest BCUT2D eigenvalue weighted by Crippen LogP contribution is 2.23. The van der Waals surface area contributed by atoms with Crippen molar-refractivity contribution in [1.82, 2.24) is 10.4 Å². The molecule has 1 heterocycles. The molecule has 0 bridgehead atoms. The predicted octanol–water partition coefficient (Wildman–Crippen LogP) is 5.96. The first kappa shape index (κ1) is 18.3. The van der Waals surface area contributed by atoms with E-state index in [-0.39, 0.29) is 0 Å². The lowest BCUT2D eigenvalue weighted by Crippen LogP contribution is -2.18. The molecule has 138 valence electrons. The van der Waals surface area contributed by atoms with Gasteiger partial charge in [0.15, 0.2) is 10.8 Å². The molecule has 28 heavy (non-hydrogen) atoms. The Labute approximate surface area is 172 Å². The third-order valence-corrected chi connectivity index (χ3v) is 5.44. The summed E-state index contributed by atoms with van der Waals surface area (Å²) in [6.07, 6.45) is 1.68. The van der Waals surface area contributed by atoms with Gasteiger partial charge in [-0.3, -0.25) is 5.43 Å². The topological polar surface area (TPSA) is 49.6 Å². The van der Waals surface area contributed by atoms with Gasteiger partial charge in [-0.05, 0) is 37.3 Å². The summed E-state index contributed by atoms with van der Waals surface area (Å²) < 4.78 is 1.10. The van der Waals surface area contributed by atoms with Crippen LogP contribution >= 0.6 is 22.9 Å². The third-order valence-electron chi connectivity index (χ3n) is 4.05. The van der Waals surface area contributed by atoms with Crippen LogP contribution in [0.4, 0.5) is 5.69 Å². The number of hydrazone groups is 1. The second-order valence-electron chi connectivity index (χ2n) is 6.17. The Hall–Kier alpha value is -3.02. The molecule has 0 aliphatic rings. The largest absolute Gasteiger partial charge is 0.259 e. The summed E-state index contributed by atoms with van der Waals surface area (Å²) in [7, 11) is 0. The molecule has 0 amide bonds. The molecule has 4 nitrogen and oxygen atoms in total. The number of aryl methyl sites for hydroxylation is 1. The summed E-state index contributed by atoms with van der Waals surface area (Å²) in [5.41, 5.74) is 6.83. The third kappa shape index (κ3) is 4.27. The number of aromatic nitrogens is 1. The van der Waals surface area contributed by atoms with Crippen LogP contribution in [0, 0.1) is 6.92 Å². The smallest absolute Gasteiger partial charge is 0.183 e. The van der Waals surface area contributed by atoms with Crippen molar-refractivity contribution in [2.75, 3.05) is 0 Å². The number of thiazole rings is 1. The number of nitrogens with zero attached hydrogens (tertiary/aromatic N) is 3.